The van der Waals surface area contributed by atoms with E-state index in [2.05, 4.69) is 55.2 Å². The molecule has 0 spiro atoms. The monoisotopic (exact) mass is 268 g/mol. The first-order valence-electron chi connectivity index (χ1n) is 6.98. The van der Waals surface area contributed by atoms with Crippen molar-refractivity contribution in [1.82, 2.24) is 0 Å². The molecule has 0 saturated heterocycles. The van der Waals surface area contributed by atoms with Gasteiger partial charge in [0.05, 0.1) is 0 Å². The molecule has 2 nitrogen and oxygen atoms in total. The van der Waals surface area contributed by atoms with Crippen molar-refractivity contribution in [2.75, 3.05) is 6.61 Å². The first-order valence-corrected chi connectivity index (χ1v) is 6.98. The number of hydrogen-bond acceptors (Lipinski definition) is 1. The third-order valence-electron chi connectivity index (χ3n) is 3.17. The molecule has 2 N–H and O–H groups in total. The van der Waals surface area contributed by atoms with Crippen molar-refractivity contribution < 1.29 is 10.1 Å². The largest absolute Gasteiger partial charge is 0.490 e. The zero-order chi connectivity index (χ0) is 14.2. The van der Waals surface area contributed by atoms with E-state index in [0.717, 1.165) is 18.8 Å². The summed E-state index contributed by atoms with van der Waals surface area (Å²) < 4.78 is 5.47. The molecule has 2 aromatic carbocycles. The van der Waals surface area contributed by atoms with Crippen molar-refractivity contribution in [3.63, 3.8) is 0 Å². The third kappa shape index (κ3) is 4.56. The summed E-state index contributed by atoms with van der Waals surface area (Å²) in [6.07, 6.45) is 1.75. The smallest absolute Gasteiger partial charge is 0.119 e. The maximum Gasteiger partial charge on any atom is 0.119 e. The van der Waals surface area contributed by atoms with Gasteiger partial charge in [-0.25, -0.2) is 0 Å². The summed E-state index contributed by atoms with van der Waals surface area (Å²) in [5, 5.41) is 2.31. The van der Waals surface area contributed by atoms with Gasteiger partial charge in [0.25, 0.3) is 0 Å². The molecular formula is C18H22NO+. The zero-order valence-electron chi connectivity index (χ0n) is 12.0. The Morgan fingerprint density at radius 2 is 1.50 bits per heavy atom. The minimum absolute atomic E-state index is 0.554. The second-order valence-electron chi connectivity index (χ2n) is 4.93. The second kappa shape index (κ2) is 7.51. The molecule has 2 rings (SSSR count). The average Bonchev–Trinajstić information content (AvgIpc) is 2.48. The molecule has 0 bridgehead atoms. The number of aryl methyl sites for hydroxylation is 1. The van der Waals surface area contributed by atoms with Crippen LogP contribution in [0, 0.1) is 6.92 Å². The quantitative estimate of drug-likeness (QED) is 0.768. The van der Waals surface area contributed by atoms with Crippen LogP contribution >= 0.6 is 0 Å². The number of quaternary nitrogens is 1. The van der Waals surface area contributed by atoms with Gasteiger partial charge in [0, 0.05) is 11.1 Å². The highest BCUT2D eigenvalue weighted by molar-refractivity contribution is 5.27. The molecule has 20 heavy (non-hydrogen) atoms. The molecule has 0 radical (unpaired) electrons. The molecule has 0 aromatic heterocycles. The van der Waals surface area contributed by atoms with Crippen molar-refractivity contribution in [2.24, 2.45) is 0 Å². The predicted molar refractivity (Wildman–Crippen MR) is 82.6 cm³/mol. The Kier molecular flexibility index (Phi) is 5.39. The highest BCUT2D eigenvalue weighted by Crippen LogP contribution is 2.11. The van der Waals surface area contributed by atoms with Gasteiger partial charge in [-0.2, -0.15) is 0 Å². The lowest BCUT2D eigenvalue weighted by Crippen LogP contribution is -2.80. The lowest BCUT2D eigenvalue weighted by Gasteiger charge is -2.05. The Bertz CT molecular complexity index is 528. The van der Waals surface area contributed by atoms with Gasteiger partial charge in [-0.3, -0.25) is 0 Å². The maximum absolute atomic E-state index is 5.47. The van der Waals surface area contributed by atoms with Crippen molar-refractivity contribution >= 4 is 0 Å². The molecule has 0 aliphatic rings. The minimum Gasteiger partial charge on any atom is -0.490 e. The standard InChI is InChI=1S/C18H21NO/c1-3-12-20-18-10-8-17(9-11-18)14-19-13-16-6-4-15(2)5-7-16/h3-11,19H,1,12-14H2,2H3/p+1. The topological polar surface area (TPSA) is 25.8 Å². The lowest BCUT2D eigenvalue weighted by molar-refractivity contribution is -0.686. The van der Waals surface area contributed by atoms with Crippen LogP contribution in [-0.2, 0) is 13.1 Å². The summed E-state index contributed by atoms with van der Waals surface area (Å²) in [6.45, 7) is 8.30. The highest BCUT2D eigenvalue weighted by Gasteiger charge is 1.99. The first-order chi connectivity index (χ1) is 9.78. The molecule has 2 heteroatoms. The summed E-state index contributed by atoms with van der Waals surface area (Å²) in [5.74, 6) is 0.896. The zero-order valence-corrected chi connectivity index (χ0v) is 12.0. The SMILES string of the molecule is C=CCOc1ccc(C[NH2+]Cc2ccc(C)cc2)cc1. The number of ether oxygens (including phenoxy) is 1. The van der Waals surface area contributed by atoms with Crippen LogP contribution in [0.25, 0.3) is 0 Å². The number of benzene rings is 2. The number of rotatable bonds is 7. The minimum atomic E-state index is 0.554. The van der Waals surface area contributed by atoms with Gasteiger partial charge in [-0.1, -0.05) is 42.5 Å². The van der Waals surface area contributed by atoms with Gasteiger partial charge < -0.3 is 10.1 Å². The van der Waals surface area contributed by atoms with Gasteiger partial charge >= 0.3 is 0 Å². The molecular weight excluding hydrogens is 246 g/mol. The Labute approximate surface area is 121 Å². The van der Waals surface area contributed by atoms with E-state index in [0.29, 0.717) is 6.61 Å². The third-order valence-corrected chi connectivity index (χ3v) is 3.17. The Morgan fingerprint density at radius 3 is 2.05 bits per heavy atom. The van der Waals surface area contributed by atoms with Crippen LogP contribution in [0.3, 0.4) is 0 Å². The summed E-state index contributed by atoms with van der Waals surface area (Å²) in [7, 11) is 0. The normalized spacial score (nSPS) is 10.2. The van der Waals surface area contributed by atoms with E-state index in [1.165, 1.54) is 16.7 Å². The van der Waals surface area contributed by atoms with Gasteiger partial charge in [-0.15, -0.1) is 0 Å². The number of nitrogens with two attached hydrogens (primary N) is 1. The lowest BCUT2D eigenvalue weighted by atomic mass is 10.1. The summed E-state index contributed by atoms with van der Waals surface area (Å²) >= 11 is 0. The fourth-order valence-corrected chi connectivity index (χ4v) is 2.01. The van der Waals surface area contributed by atoms with E-state index < -0.39 is 0 Å². The Hall–Kier alpha value is -2.06. The Balaban J connectivity index is 1.79. The summed E-state index contributed by atoms with van der Waals surface area (Å²) in [4.78, 5) is 0. The van der Waals surface area contributed by atoms with E-state index in [4.69, 9.17) is 4.74 Å². The van der Waals surface area contributed by atoms with Crippen LogP contribution in [0.5, 0.6) is 5.75 Å². The summed E-state index contributed by atoms with van der Waals surface area (Å²) in [5.41, 5.74) is 3.98. The van der Waals surface area contributed by atoms with E-state index in [1.54, 1.807) is 6.08 Å². The fraction of sp³-hybridized carbons (Fsp3) is 0.222. The second-order valence-corrected chi connectivity index (χ2v) is 4.93. The molecule has 0 atom stereocenters. The highest BCUT2D eigenvalue weighted by atomic mass is 16.5. The van der Waals surface area contributed by atoms with Crippen LogP contribution in [0.15, 0.2) is 61.2 Å². The first kappa shape index (κ1) is 14.4. The fourth-order valence-electron chi connectivity index (χ4n) is 2.01. The van der Waals surface area contributed by atoms with Crippen LogP contribution < -0.4 is 10.1 Å². The van der Waals surface area contributed by atoms with Gasteiger partial charge in [-0.05, 0) is 31.2 Å². The molecule has 2 aromatic rings. The molecule has 0 heterocycles. The van der Waals surface area contributed by atoms with Crippen molar-refractivity contribution in [2.45, 2.75) is 20.0 Å². The molecule has 0 amide bonds. The molecule has 104 valence electrons. The molecule has 0 saturated carbocycles. The number of hydrogen-bond donors (Lipinski definition) is 1. The van der Waals surface area contributed by atoms with Crippen molar-refractivity contribution in [3.8, 4) is 5.75 Å². The van der Waals surface area contributed by atoms with E-state index in [1.807, 2.05) is 12.1 Å². The van der Waals surface area contributed by atoms with Gasteiger partial charge in [0.1, 0.15) is 25.4 Å². The van der Waals surface area contributed by atoms with Crippen LogP contribution in [0.1, 0.15) is 16.7 Å². The maximum atomic E-state index is 5.47. The van der Waals surface area contributed by atoms with Crippen LogP contribution in [0.2, 0.25) is 0 Å². The molecule has 0 fully saturated rings. The van der Waals surface area contributed by atoms with Crippen LogP contribution in [-0.4, -0.2) is 6.61 Å². The van der Waals surface area contributed by atoms with Crippen molar-refractivity contribution in [3.05, 3.63) is 77.9 Å². The van der Waals surface area contributed by atoms with E-state index >= 15 is 0 Å². The van der Waals surface area contributed by atoms with Crippen molar-refractivity contribution in [1.29, 1.82) is 0 Å². The van der Waals surface area contributed by atoms with Gasteiger partial charge in [0.15, 0.2) is 0 Å². The Morgan fingerprint density at radius 1 is 0.950 bits per heavy atom. The molecule has 0 unspecified atom stereocenters. The molecule has 0 aliphatic heterocycles. The average molecular weight is 268 g/mol. The van der Waals surface area contributed by atoms with Gasteiger partial charge in [0.2, 0.25) is 0 Å². The van der Waals surface area contributed by atoms with E-state index in [-0.39, 0.29) is 0 Å². The molecule has 0 aliphatic carbocycles. The van der Waals surface area contributed by atoms with E-state index in [9.17, 15) is 0 Å². The predicted octanol–water partition coefficient (Wildman–Crippen LogP) is 2.82. The van der Waals surface area contributed by atoms with Crippen LogP contribution in [0.4, 0.5) is 0 Å². The summed E-state index contributed by atoms with van der Waals surface area (Å²) in [6, 6.07) is 17.0.